The number of carbonyl (C=O) groups excluding carboxylic acids is 1. The van der Waals surface area contributed by atoms with E-state index in [-0.39, 0.29) is 36.8 Å². The molecule has 5 nitrogen and oxygen atoms in total. The van der Waals surface area contributed by atoms with E-state index in [1.54, 1.807) is 0 Å². The van der Waals surface area contributed by atoms with Gasteiger partial charge in [-0.05, 0) is 49.3 Å². The molecular formula is C23H27NO4. The number of hydrogen-bond donors (Lipinski definition) is 1. The summed E-state index contributed by atoms with van der Waals surface area (Å²) in [5.41, 5.74) is 4.07. The molecule has 0 unspecified atom stereocenters. The van der Waals surface area contributed by atoms with Crippen molar-refractivity contribution >= 4 is 11.4 Å². The zero-order chi connectivity index (χ0) is 20.1. The van der Waals surface area contributed by atoms with E-state index in [0.717, 1.165) is 42.4 Å². The van der Waals surface area contributed by atoms with Gasteiger partial charge in [0.2, 0.25) is 0 Å². The molecule has 1 aromatic rings. The van der Waals surface area contributed by atoms with Crippen molar-refractivity contribution in [3.05, 3.63) is 40.1 Å². The Kier molecular flexibility index (Phi) is 4.81. The smallest absolute Gasteiger partial charge is 0.173 e. The number of hydrogen-bond acceptors (Lipinski definition) is 5. The molecule has 3 aliphatic rings. The van der Waals surface area contributed by atoms with E-state index >= 15 is 0 Å². The van der Waals surface area contributed by atoms with Crippen LogP contribution in [0.25, 0.3) is 5.57 Å². The summed E-state index contributed by atoms with van der Waals surface area (Å²) in [5, 5.41) is 20.0. The maximum atomic E-state index is 13.6. The highest BCUT2D eigenvalue weighted by molar-refractivity contribution is 6.26. The number of nitrogens with zero attached hydrogens (tertiary/aromatic N) is 1. The van der Waals surface area contributed by atoms with Gasteiger partial charge in [0.1, 0.15) is 18.0 Å². The average Bonchev–Trinajstić information content (AvgIpc) is 3.32. The van der Waals surface area contributed by atoms with Gasteiger partial charge in [-0.2, -0.15) is 5.26 Å². The second-order valence-electron chi connectivity index (χ2n) is 8.20. The van der Waals surface area contributed by atoms with Crippen molar-refractivity contribution < 1.29 is 19.4 Å². The lowest BCUT2D eigenvalue weighted by Crippen LogP contribution is -2.44. The van der Waals surface area contributed by atoms with E-state index in [0.29, 0.717) is 5.57 Å². The van der Waals surface area contributed by atoms with Gasteiger partial charge >= 0.3 is 0 Å². The predicted octanol–water partition coefficient (Wildman–Crippen LogP) is 3.68. The summed E-state index contributed by atoms with van der Waals surface area (Å²) in [6.07, 6.45) is 2.99. The first kappa shape index (κ1) is 19.2. The highest BCUT2D eigenvalue weighted by Gasteiger charge is 2.67. The number of nitriles is 1. The first-order valence-electron chi connectivity index (χ1n) is 10.2. The monoisotopic (exact) mass is 381 g/mol. The second kappa shape index (κ2) is 7.02. The minimum absolute atomic E-state index is 0.0223. The molecule has 148 valence electrons. The zero-order valence-corrected chi connectivity index (χ0v) is 16.7. The second-order valence-corrected chi connectivity index (χ2v) is 8.20. The molecule has 0 radical (unpaired) electrons. The van der Waals surface area contributed by atoms with Crippen LogP contribution in [-0.4, -0.2) is 35.8 Å². The van der Waals surface area contributed by atoms with E-state index in [1.165, 1.54) is 5.56 Å². The molecular weight excluding hydrogens is 354 g/mol. The summed E-state index contributed by atoms with van der Waals surface area (Å²) in [7, 11) is 0. The van der Waals surface area contributed by atoms with E-state index < -0.39 is 11.5 Å². The fourth-order valence-electron chi connectivity index (χ4n) is 5.55. The largest absolute Gasteiger partial charge is 0.511 e. The molecule has 1 N–H and O–H groups in total. The third-order valence-corrected chi connectivity index (χ3v) is 6.64. The lowest BCUT2D eigenvalue weighted by Gasteiger charge is -2.31. The first-order chi connectivity index (χ1) is 13.5. The number of ketones is 1. The van der Waals surface area contributed by atoms with Gasteiger partial charge in [-0.15, -0.1) is 0 Å². The number of fused-ring (bicyclic) bond motifs is 5. The molecule has 2 fully saturated rings. The number of benzene rings is 1. The van der Waals surface area contributed by atoms with Crippen LogP contribution in [-0.2, 0) is 27.1 Å². The number of ether oxygens (including phenoxy) is 2. The molecule has 2 bridgehead atoms. The van der Waals surface area contributed by atoms with Crippen molar-refractivity contribution in [2.75, 3.05) is 13.2 Å². The van der Waals surface area contributed by atoms with Crippen LogP contribution in [0.4, 0.5) is 0 Å². The molecule has 28 heavy (non-hydrogen) atoms. The number of aryl methyl sites for hydroxylation is 3. The molecule has 4 atom stereocenters. The molecule has 5 heteroatoms. The summed E-state index contributed by atoms with van der Waals surface area (Å²) < 4.78 is 11.7. The SMILES string of the molecule is CCc1cc(C)cc(CC)c1C1=C(O)[C@H]2[C@@H]3CC[C@@](COCC#N)(O3)[C@H]2C1=O. The molecule has 0 saturated carbocycles. The molecule has 1 aliphatic carbocycles. The lowest BCUT2D eigenvalue weighted by atomic mass is 9.72. The van der Waals surface area contributed by atoms with Crippen LogP contribution in [0.1, 0.15) is 48.9 Å². The van der Waals surface area contributed by atoms with Gasteiger partial charge in [-0.1, -0.05) is 31.5 Å². The van der Waals surface area contributed by atoms with Crippen LogP contribution in [0.2, 0.25) is 0 Å². The van der Waals surface area contributed by atoms with Crippen molar-refractivity contribution in [1.82, 2.24) is 0 Å². The molecule has 2 aliphatic heterocycles. The van der Waals surface area contributed by atoms with Crippen LogP contribution in [0.5, 0.6) is 0 Å². The van der Waals surface area contributed by atoms with Gasteiger partial charge in [0.05, 0.1) is 36.2 Å². The molecule has 2 heterocycles. The van der Waals surface area contributed by atoms with Crippen LogP contribution >= 0.6 is 0 Å². The molecule has 0 aromatic heterocycles. The quantitative estimate of drug-likeness (QED) is 0.761. The number of aliphatic hydroxyl groups is 1. The highest BCUT2D eigenvalue weighted by Crippen LogP contribution is 2.59. The van der Waals surface area contributed by atoms with Crippen LogP contribution < -0.4 is 0 Å². The summed E-state index contributed by atoms with van der Waals surface area (Å²) in [4.78, 5) is 13.6. The van der Waals surface area contributed by atoms with Gasteiger partial charge in [-0.3, -0.25) is 4.79 Å². The van der Waals surface area contributed by atoms with E-state index in [1.807, 2.05) is 6.07 Å². The van der Waals surface area contributed by atoms with Gasteiger partial charge in [0.15, 0.2) is 5.78 Å². The highest BCUT2D eigenvalue weighted by atomic mass is 16.6. The van der Waals surface area contributed by atoms with E-state index in [2.05, 4.69) is 32.9 Å². The fraction of sp³-hybridized carbons (Fsp3) is 0.565. The number of Topliss-reactive ketones (excluding diaryl/α,β-unsaturated/α-hetero) is 1. The maximum Gasteiger partial charge on any atom is 0.173 e. The number of aliphatic hydroxyl groups excluding tert-OH is 1. The van der Waals surface area contributed by atoms with Gasteiger partial charge in [-0.25, -0.2) is 0 Å². The Morgan fingerprint density at radius 2 is 2.00 bits per heavy atom. The molecule has 1 aromatic carbocycles. The van der Waals surface area contributed by atoms with Crippen molar-refractivity contribution in [1.29, 1.82) is 5.26 Å². The van der Waals surface area contributed by atoms with Crippen LogP contribution in [0.3, 0.4) is 0 Å². The topological polar surface area (TPSA) is 79.6 Å². The number of allylic oxidation sites excluding steroid dienone is 1. The first-order valence-corrected chi connectivity index (χ1v) is 10.2. The summed E-state index contributed by atoms with van der Waals surface area (Å²) in [6, 6.07) is 6.21. The summed E-state index contributed by atoms with van der Waals surface area (Å²) in [6.45, 7) is 6.43. The Balaban J connectivity index is 1.79. The molecule has 0 spiro atoms. The zero-order valence-electron chi connectivity index (χ0n) is 16.7. The maximum absolute atomic E-state index is 13.6. The molecule has 2 saturated heterocycles. The Morgan fingerprint density at radius 1 is 1.32 bits per heavy atom. The predicted molar refractivity (Wildman–Crippen MR) is 105 cm³/mol. The van der Waals surface area contributed by atoms with Crippen molar-refractivity contribution in [2.45, 2.75) is 58.2 Å². The van der Waals surface area contributed by atoms with Crippen molar-refractivity contribution in [3.63, 3.8) is 0 Å². The van der Waals surface area contributed by atoms with Crippen molar-refractivity contribution in [2.24, 2.45) is 11.8 Å². The number of carbonyl (C=O) groups is 1. The standard InChI is InChI=1S/C23H27NO4/c1-4-14-10-13(3)11-15(5-2)17(14)19-21(25)18-16-6-7-23(28-16,12-27-9-8-24)20(18)22(19)26/h10-11,16,18,20,25H,4-7,9,12H2,1-3H3/t16-,18-,20+,23-/m0/s1. The summed E-state index contributed by atoms with van der Waals surface area (Å²) in [5.74, 6) is -0.554. The molecule has 4 rings (SSSR count). The third-order valence-electron chi connectivity index (χ3n) is 6.64. The van der Waals surface area contributed by atoms with Crippen molar-refractivity contribution in [3.8, 4) is 6.07 Å². The minimum Gasteiger partial charge on any atom is -0.511 e. The van der Waals surface area contributed by atoms with Crippen LogP contribution in [0.15, 0.2) is 17.9 Å². The molecule has 0 amide bonds. The van der Waals surface area contributed by atoms with Crippen LogP contribution in [0, 0.1) is 30.1 Å². The van der Waals surface area contributed by atoms with E-state index in [9.17, 15) is 9.90 Å². The summed E-state index contributed by atoms with van der Waals surface area (Å²) >= 11 is 0. The Hall–Kier alpha value is -2.16. The number of rotatable bonds is 6. The normalized spacial score (nSPS) is 30.8. The minimum atomic E-state index is -0.720. The van der Waals surface area contributed by atoms with Gasteiger partial charge in [0, 0.05) is 0 Å². The van der Waals surface area contributed by atoms with Gasteiger partial charge < -0.3 is 14.6 Å². The lowest BCUT2D eigenvalue weighted by molar-refractivity contribution is -0.126. The Morgan fingerprint density at radius 3 is 2.61 bits per heavy atom. The van der Waals surface area contributed by atoms with Gasteiger partial charge in [0.25, 0.3) is 0 Å². The fourth-order valence-corrected chi connectivity index (χ4v) is 5.55. The Bertz CT molecular complexity index is 871. The Labute approximate surface area is 166 Å². The average molecular weight is 381 g/mol. The third kappa shape index (κ3) is 2.62. The van der Waals surface area contributed by atoms with E-state index in [4.69, 9.17) is 14.7 Å².